The van der Waals surface area contributed by atoms with E-state index in [4.69, 9.17) is 9.47 Å². The summed E-state index contributed by atoms with van der Waals surface area (Å²) >= 11 is 0. The highest BCUT2D eigenvalue weighted by Crippen LogP contribution is 2.32. The second kappa shape index (κ2) is 10.1. The topological polar surface area (TPSA) is 76.7 Å². The summed E-state index contributed by atoms with van der Waals surface area (Å²) in [5.41, 5.74) is 2.73. The zero-order valence-electron chi connectivity index (χ0n) is 17.6. The zero-order chi connectivity index (χ0) is 22.2. The lowest BCUT2D eigenvalue weighted by Gasteiger charge is -2.14. The van der Waals surface area contributed by atoms with E-state index in [1.165, 1.54) is 14.2 Å². The molecule has 0 radical (unpaired) electrons. The number of anilines is 1. The van der Waals surface area contributed by atoms with E-state index in [1.54, 1.807) is 54.6 Å². The van der Waals surface area contributed by atoms with Crippen LogP contribution in [-0.4, -0.2) is 26.0 Å². The molecular formula is C25H24N2O4. The number of aryl methyl sites for hydroxylation is 1. The highest BCUT2D eigenvalue weighted by molar-refractivity contribution is 6.10. The van der Waals surface area contributed by atoms with Gasteiger partial charge in [0.15, 0.2) is 11.5 Å². The van der Waals surface area contributed by atoms with Crippen molar-refractivity contribution < 1.29 is 19.1 Å². The third-order valence-electron chi connectivity index (χ3n) is 4.54. The number of nitrogens with one attached hydrogen (secondary N) is 2. The molecule has 3 rings (SSSR count). The molecule has 0 aromatic heterocycles. The van der Waals surface area contributed by atoms with E-state index in [-0.39, 0.29) is 5.70 Å². The maximum atomic E-state index is 13.1. The Morgan fingerprint density at radius 3 is 2.29 bits per heavy atom. The molecule has 0 saturated heterocycles. The van der Waals surface area contributed by atoms with Crippen LogP contribution in [0.25, 0.3) is 6.08 Å². The fourth-order valence-corrected chi connectivity index (χ4v) is 3.04. The number of carbonyl (C=O) groups is 2. The second-order valence-corrected chi connectivity index (χ2v) is 6.78. The normalized spacial score (nSPS) is 10.9. The van der Waals surface area contributed by atoms with Gasteiger partial charge in [0.05, 0.1) is 14.2 Å². The van der Waals surface area contributed by atoms with Gasteiger partial charge in [0, 0.05) is 16.8 Å². The quantitative estimate of drug-likeness (QED) is 0.559. The minimum Gasteiger partial charge on any atom is -0.493 e. The number of hydrogen-bond donors (Lipinski definition) is 2. The second-order valence-electron chi connectivity index (χ2n) is 6.78. The number of hydrogen-bond acceptors (Lipinski definition) is 4. The van der Waals surface area contributed by atoms with Crippen LogP contribution < -0.4 is 20.1 Å². The summed E-state index contributed by atoms with van der Waals surface area (Å²) < 4.78 is 10.8. The molecule has 6 nitrogen and oxygen atoms in total. The first-order valence-corrected chi connectivity index (χ1v) is 9.69. The van der Waals surface area contributed by atoms with Crippen LogP contribution in [0.2, 0.25) is 0 Å². The number of para-hydroxylation sites is 1. The number of benzene rings is 3. The molecule has 3 aromatic rings. The molecule has 0 aliphatic rings. The van der Waals surface area contributed by atoms with E-state index in [0.717, 1.165) is 5.56 Å². The van der Waals surface area contributed by atoms with Crippen LogP contribution in [0, 0.1) is 6.92 Å². The van der Waals surface area contributed by atoms with Gasteiger partial charge < -0.3 is 20.1 Å². The smallest absolute Gasteiger partial charge is 0.272 e. The van der Waals surface area contributed by atoms with Crippen LogP contribution in [0.4, 0.5) is 5.69 Å². The minimum absolute atomic E-state index is 0.0712. The molecule has 0 fully saturated rings. The van der Waals surface area contributed by atoms with Gasteiger partial charge in [-0.05, 0) is 48.9 Å². The Hall–Kier alpha value is -4.06. The van der Waals surface area contributed by atoms with E-state index < -0.39 is 11.8 Å². The molecule has 158 valence electrons. The fourth-order valence-electron chi connectivity index (χ4n) is 3.04. The van der Waals surface area contributed by atoms with Gasteiger partial charge in [-0.2, -0.15) is 0 Å². The molecule has 6 heteroatoms. The Balaban J connectivity index is 1.98. The first-order chi connectivity index (χ1) is 15.0. The molecule has 3 aromatic carbocycles. The molecule has 0 aliphatic carbocycles. The first kappa shape index (κ1) is 21.6. The van der Waals surface area contributed by atoms with Crippen LogP contribution in [-0.2, 0) is 4.79 Å². The molecule has 2 amide bonds. The molecule has 0 spiro atoms. The van der Waals surface area contributed by atoms with Gasteiger partial charge in [-0.15, -0.1) is 0 Å². The lowest BCUT2D eigenvalue weighted by Crippen LogP contribution is -2.30. The number of rotatable bonds is 7. The monoisotopic (exact) mass is 416 g/mol. The summed E-state index contributed by atoms with van der Waals surface area (Å²) in [4.78, 5) is 25.8. The minimum atomic E-state index is -0.459. The van der Waals surface area contributed by atoms with Crippen LogP contribution >= 0.6 is 0 Å². The molecule has 0 heterocycles. The highest BCUT2D eigenvalue weighted by atomic mass is 16.5. The van der Waals surface area contributed by atoms with Gasteiger partial charge in [0.2, 0.25) is 0 Å². The Kier molecular flexibility index (Phi) is 7.06. The zero-order valence-corrected chi connectivity index (χ0v) is 17.6. The maximum Gasteiger partial charge on any atom is 0.272 e. The van der Waals surface area contributed by atoms with Crippen LogP contribution in [0.1, 0.15) is 21.5 Å². The molecule has 0 saturated carbocycles. The van der Waals surface area contributed by atoms with Crippen molar-refractivity contribution in [3.05, 3.63) is 95.2 Å². The van der Waals surface area contributed by atoms with Gasteiger partial charge >= 0.3 is 0 Å². The van der Waals surface area contributed by atoms with Crippen molar-refractivity contribution in [2.75, 3.05) is 19.5 Å². The molecule has 0 aliphatic heterocycles. The summed E-state index contributed by atoms with van der Waals surface area (Å²) in [6.45, 7) is 1.94. The highest BCUT2D eigenvalue weighted by Gasteiger charge is 2.17. The Bertz CT molecular complexity index is 1110. The summed E-state index contributed by atoms with van der Waals surface area (Å²) in [5.74, 6) is 0.122. The van der Waals surface area contributed by atoms with Crippen LogP contribution in [0.5, 0.6) is 11.5 Å². The van der Waals surface area contributed by atoms with Crippen molar-refractivity contribution in [2.45, 2.75) is 6.92 Å². The fraction of sp³-hybridized carbons (Fsp3) is 0.120. The molecule has 0 bridgehead atoms. The van der Waals surface area contributed by atoms with Crippen LogP contribution in [0.3, 0.4) is 0 Å². The van der Waals surface area contributed by atoms with Gasteiger partial charge in [-0.1, -0.05) is 42.5 Å². The Labute approximate surface area is 181 Å². The standard InChI is InChI=1S/C25H24N2O4/c1-17-9-7-13-20(15-17)26-25(29)21(27-24(28)18-10-5-4-6-11-18)16-19-12-8-14-22(30-2)23(19)31-3/h4-16H,1-3H3,(H,26,29)(H,27,28)/b21-16-. The maximum absolute atomic E-state index is 13.1. The molecule has 2 N–H and O–H groups in total. The van der Waals surface area contributed by atoms with E-state index in [0.29, 0.717) is 28.3 Å². The number of ether oxygens (including phenoxy) is 2. The number of amides is 2. The SMILES string of the molecule is COc1cccc(/C=C(\NC(=O)c2ccccc2)C(=O)Nc2cccc(C)c2)c1OC. The molecule has 0 unspecified atom stereocenters. The lowest BCUT2D eigenvalue weighted by atomic mass is 10.1. The van der Waals surface area contributed by atoms with E-state index in [9.17, 15) is 9.59 Å². The van der Waals surface area contributed by atoms with Gasteiger partial charge in [0.25, 0.3) is 11.8 Å². The third kappa shape index (κ3) is 5.51. The van der Waals surface area contributed by atoms with Crippen molar-refractivity contribution >= 4 is 23.6 Å². The van der Waals surface area contributed by atoms with Crippen molar-refractivity contribution in [1.29, 1.82) is 0 Å². The predicted molar refractivity (Wildman–Crippen MR) is 121 cm³/mol. The summed E-state index contributed by atoms with van der Waals surface area (Å²) in [6.07, 6.45) is 1.56. The van der Waals surface area contributed by atoms with Crippen molar-refractivity contribution in [2.24, 2.45) is 0 Å². The number of carbonyl (C=O) groups excluding carboxylic acids is 2. The first-order valence-electron chi connectivity index (χ1n) is 9.69. The number of methoxy groups -OCH3 is 2. The van der Waals surface area contributed by atoms with Crippen LogP contribution in [0.15, 0.2) is 78.5 Å². The average molecular weight is 416 g/mol. The lowest BCUT2D eigenvalue weighted by molar-refractivity contribution is -0.113. The molecule has 31 heavy (non-hydrogen) atoms. The van der Waals surface area contributed by atoms with E-state index in [2.05, 4.69) is 10.6 Å². The van der Waals surface area contributed by atoms with Crippen molar-refractivity contribution in [1.82, 2.24) is 5.32 Å². The molecular weight excluding hydrogens is 392 g/mol. The van der Waals surface area contributed by atoms with Gasteiger partial charge in [-0.25, -0.2) is 0 Å². The largest absolute Gasteiger partial charge is 0.493 e. The van der Waals surface area contributed by atoms with E-state index in [1.807, 2.05) is 31.2 Å². The predicted octanol–water partition coefficient (Wildman–Crippen LogP) is 4.42. The average Bonchev–Trinajstić information content (AvgIpc) is 2.78. The molecule has 0 atom stereocenters. The summed E-state index contributed by atoms with van der Waals surface area (Å²) in [6, 6.07) is 21.4. The Morgan fingerprint density at radius 1 is 0.871 bits per heavy atom. The van der Waals surface area contributed by atoms with Gasteiger partial charge in [-0.3, -0.25) is 9.59 Å². The van der Waals surface area contributed by atoms with Crippen molar-refractivity contribution in [3.8, 4) is 11.5 Å². The third-order valence-corrected chi connectivity index (χ3v) is 4.54. The summed E-state index contributed by atoms with van der Waals surface area (Å²) in [7, 11) is 3.05. The van der Waals surface area contributed by atoms with E-state index >= 15 is 0 Å². The summed E-state index contributed by atoms with van der Waals surface area (Å²) in [5, 5.41) is 5.55. The van der Waals surface area contributed by atoms with Gasteiger partial charge in [0.1, 0.15) is 5.70 Å². The Morgan fingerprint density at radius 2 is 1.61 bits per heavy atom. The van der Waals surface area contributed by atoms with Crippen molar-refractivity contribution in [3.63, 3.8) is 0 Å².